The van der Waals surface area contributed by atoms with E-state index in [1.54, 1.807) is 0 Å². The van der Waals surface area contributed by atoms with Crippen molar-refractivity contribution in [3.05, 3.63) is 29.1 Å². The van der Waals surface area contributed by atoms with Gasteiger partial charge in [-0.25, -0.2) is 0 Å². The molecule has 0 bridgehead atoms. The van der Waals surface area contributed by atoms with Crippen molar-refractivity contribution in [2.24, 2.45) is 5.41 Å². The second-order valence-corrected chi connectivity index (χ2v) is 5.16. The Morgan fingerprint density at radius 3 is 3.06 bits per heavy atom. The number of hydrogen-bond acceptors (Lipinski definition) is 3. The topological polar surface area (TPSA) is 39.2 Å². The van der Waals surface area contributed by atoms with Gasteiger partial charge in [0.05, 0.1) is 5.69 Å². The van der Waals surface area contributed by atoms with Crippen LogP contribution in [0, 0.1) is 5.41 Å². The predicted molar refractivity (Wildman–Crippen MR) is 60.9 cm³/mol. The number of carbonyl (C=O) groups excluding carboxylic acids is 1. The molecule has 0 atom stereocenters. The fraction of sp³-hybridized carbons (Fsp3) is 0.538. The lowest BCUT2D eigenvalue weighted by molar-refractivity contribution is -0.129. The molecular weight excluding hydrogens is 202 g/mol. The van der Waals surface area contributed by atoms with Crippen LogP contribution in [0.25, 0.3) is 0 Å². The molecule has 2 rings (SSSR count). The lowest BCUT2D eigenvalue weighted by atomic mass is 9.76. The first-order chi connectivity index (χ1) is 7.61. The molecule has 86 valence electrons. The highest BCUT2D eigenvalue weighted by atomic mass is 16.5. The summed E-state index contributed by atoms with van der Waals surface area (Å²) in [6.45, 7) is 5.28. The van der Waals surface area contributed by atoms with Gasteiger partial charge in [0.1, 0.15) is 6.61 Å². The quantitative estimate of drug-likeness (QED) is 0.732. The molecule has 0 unspecified atom stereocenters. The highest BCUT2D eigenvalue weighted by molar-refractivity contribution is 5.37. The third-order valence-electron chi connectivity index (χ3n) is 3.14. The third-order valence-corrected chi connectivity index (χ3v) is 3.14. The van der Waals surface area contributed by atoms with Crippen molar-refractivity contribution in [2.45, 2.75) is 39.7 Å². The normalized spacial score (nSPS) is 17.6. The van der Waals surface area contributed by atoms with Crippen LogP contribution in [0.1, 0.15) is 37.2 Å². The third kappa shape index (κ3) is 2.40. The summed E-state index contributed by atoms with van der Waals surface area (Å²) < 4.78 is 4.72. The fourth-order valence-electron chi connectivity index (χ4n) is 2.17. The van der Waals surface area contributed by atoms with Crippen LogP contribution >= 0.6 is 0 Å². The first-order valence-electron chi connectivity index (χ1n) is 5.64. The molecule has 16 heavy (non-hydrogen) atoms. The van der Waals surface area contributed by atoms with Gasteiger partial charge in [0.15, 0.2) is 0 Å². The molecule has 0 N–H and O–H groups in total. The van der Waals surface area contributed by atoms with Crippen molar-refractivity contribution in [3.63, 3.8) is 0 Å². The van der Waals surface area contributed by atoms with Crippen LogP contribution in [0.4, 0.5) is 0 Å². The molecule has 1 aromatic heterocycles. The first kappa shape index (κ1) is 11.1. The Morgan fingerprint density at radius 2 is 2.31 bits per heavy atom. The van der Waals surface area contributed by atoms with E-state index in [4.69, 9.17) is 4.74 Å². The molecule has 1 aliphatic carbocycles. The number of aryl methyl sites for hydroxylation is 1. The molecule has 0 aromatic carbocycles. The van der Waals surface area contributed by atoms with Gasteiger partial charge >= 0.3 is 0 Å². The Bertz CT molecular complexity index is 399. The van der Waals surface area contributed by atoms with Gasteiger partial charge in [0.2, 0.25) is 0 Å². The summed E-state index contributed by atoms with van der Waals surface area (Å²) in [5.41, 5.74) is 3.69. The summed E-state index contributed by atoms with van der Waals surface area (Å²) >= 11 is 0. The standard InChI is InChI=1S/C13H17NO2/c1-13(2)6-5-10-3-4-11(8-16-9-15)14-12(10)7-13/h3-4,9H,5-8H2,1-2H3. The van der Waals surface area contributed by atoms with Crippen molar-refractivity contribution in [2.75, 3.05) is 0 Å². The van der Waals surface area contributed by atoms with Gasteiger partial charge in [0.25, 0.3) is 6.47 Å². The van der Waals surface area contributed by atoms with E-state index in [9.17, 15) is 4.79 Å². The summed E-state index contributed by atoms with van der Waals surface area (Å²) in [7, 11) is 0. The molecule has 0 radical (unpaired) electrons. The van der Waals surface area contributed by atoms with Gasteiger partial charge in [0, 0.05) is 5.69 Å². The minimum Gasteiger partial charge on any atom is -0.461 e. The average Bonchev–Trinajstić information content (AvgIpc) is 2.24. The Kier molecular flexibility index (Phi) is 2.95. The van der Waals surface area contributed by atoms with E-state index in [1.165, 1.54) is 17.7 Å². The maximum absolute atomic E-state index is 10.1. The fourth-order valence-corrected chi connectivity index (χ4v) is 2.17. The summed E-state index contributed by atoms with van der Waals surface area (Å²) in [6, 6.07) is 4.06. The molecule has 0 amide bonds. The maximum Gasteiger partial charge on any atom is 0.293 e. The zero-order valence-corrected chi connectivity index (χ0v) is 9.82. The number of ether oxygens (including phenoxy) is 1. The molecule has 0 spiro atoms. The summed E-state index contributed by atoms with van der Waals surface area (Å²) in [5, 5.41) is 0. The lowest BCUT2D eigenvalue weighted by Crippen LogP contribution is -2.23. The summed E-state index contributed by atoms with van der Waals surface area (Å²) in [5.74, 6) is 0. The van der Waals surface area contributed by atoms with Crippen molar-refractivity contribution in [1.82, 2.24) is 4.98 Å². The van der Waals surface area contributed by atoms with Gasteiger partial charge in [-0.2, -0.15) is 0 Å². The van der Waals surface area contributed by atoms with E-state index in [2.05, 4.69) is 24.9 Å². The SMILES string of the molecule is CC1(C)CCc2ccc(COC=O)nc2C1. The highest BCUT2D eigenvalue weighted by Gasteiger charge is 2.26. The van der Waals surface area contributed by atoms with Crippen molar-refractivity contribution >= 4 is 6.47 Å². The highest BCUT2D eigenvalue weighted by Crippen LogP contribution is 2.33. The van der Waals surface area contributed by atoms with Crippen LogP contribution < -0.4 is 0 Å². The maximum atomic E-state index is 10.1. The molecule has 0 aliphatic heterocycles. The minimum absolute atomic E-state index is 0.275. The van der Waals surface area contributed by atoms with Gasteiger partial charge in [-0.1, -0.05) is 19.9 Å². The number of rotatable bonds is 3. The number of pyridine rings is 1. The molecular formula is C13H17NO2. The number of hydrogen-bond donors (Lipinski definition) is 0. The van der Waals surface area contributed by atoms with Crippen LogP contribution in [0.3, 0.4) is 0 Å². The Balaban J connectivity index is 2.20. The molecule has 0 saturated heterocycles. The smallest absolute Gasteiger partial charge is 0.293 e. The van der Waals surface area contributed by atoms with Gasteiger partial charge in [-0.05, 0) is 36.3 Å². The van der Waals surface area contributed by atoms with E-state index in [0.717, 1.165) is 18.5 Å². The number of fused-ring (bicyclic) bond motifs is 1. The Labute approximate surface area is 95.8 Å². The van der Waals surface area contributed by atoms with E-state index in [0.29, 0.717) is 11.9 Å². The zero-order chi connectivity index (χ0) is 11.6. The lowest BCUT2D eigenvalue weighted by Gasteiger charge is -2.30. The van der Waals surface area contributed by atoms with E-state index < -0.39 is 0 Å². The second kappa shape index (κ2) is 4.24. The monoisotopic (exact) mass is 219 g/mol. The minimum atomic E-state index is 0.275. The molecule has 0 fully saturated rings. The van der Waals surface area contributed by atoms with Crippen LogP contribution in [0.15, 0.2) is 12.1 Å². The number of nitrogens with zero attached hydrogens (tertiary/aromatic N) is 1. The summed E-state index contributed by atoms with van der Waals surface area (Å²) in [6.07, 6.45) is 3.33. The molecule has 3 heteroatoms. The van der Waals surface area contributed by atoms with Crippen LogP contribution in [-0.2, 0) is 29.0 Å². The van der Waals surface area contributed by atoms with E-state index in [1.807, 2.05) is 6.07 Å². The van der Waals surface area contributed by atoms with Gasteiger partial charge in [-0.15, -0.1) is 0 Å². The van der Waals surface area contributed by atoms with Gasteiger partial charge < -0.3 is 4.74 Å². The largest absolute Gasteiger partial charge is 0.461 e. The predicted octanol–water partition coefficient (Wildman–Crippen LogP) is 2.27. The van der Waals surface area contributed by atoms with E-state index in [-0.39, 0.29) is 6.61 Å². The number of carbonyl (C=O) groups is 1. The van der Waals surface area contributed by atoms with Crippen LogP contribution in [0.5, 0.6) is 0 Å². The zero-order valence-electron chi connectivity index (χ0n) is 9.82. The van der Waals surface area contributed by atoms with Crippen molar-refractivity contribution in [1.29, 1.82) is 0 Å². The molecule has 3 nitrogen and oxygen atoms in total. The second-order valence-electron chi connectivity index (χ2n) is 5.16. The molecule has 1 aromatic rings. The Hall–Kier alpha value is -1.38. The molecule has 0 saturated carbocycles. The Morgan fingerprint density at radius 1 is 1.50 bits per heavy atom. The van der Waals surface area contributed by atoms with Gasteiger partial charge in [-0.3, -0.25) is 9.78 Å². The first-order valence-corrected chi connectivity index (χ1v) is 5.64. The molecule has 1 aliphatic rings. The average molecular weight is 219 g/mol. The number of aromatic nitrogens is 1. The van der Waals surface area contributed by atoms with Crippen LogP contribution in [0.2, 0.25) is 0 Å². The van der Waals surface area contributed by atoms with Crippen molar-refractivity contribution < 1.29 is 9.53 Å². The van der Waals surface area contributed by atoms with E-state index >= 15 is 0 Å². The van der Waals surface area contributed by atoms with Crippen LogP contribution in [-0.4, -0.2) is 11.5 Å². The molecule has 1 heterocycles. The van der Waals surface area contributed by atoms with Crippen molar-refractivity contribution in [3.8, 4) is 0 Å². The summed E-state index contributed by atoms with van der Waals surface area (Å²) in [4.78, 5) is 14.7.